The fraction of sp³-hybridized carbons (Fsp3) is 0.600. The molecule has 2 aromatic rings. The standard InChI is InChI=1S/C20H28N4O5/c1-5-27-15(28-6-2)8-7-13-9-24(18-16(13)17(21)22-11-23-18)19-20(4,26)12(3)14(10-25)29-19/h9,11-12,14-15,19,25-26H,5-6,10H2,1-4H3,(H2,21,22,23)/t12-,14?,19?,20?/m1/s1. The lowest BCUT2D eigenvalue weighted by Gasteiger charge is -2.28. The fourth-order valence-corrected chi connectivity index (χ4v) is 3.52. The second-order valence-corrected chi connectivity index (χ2v) is 7.14. The van der Waals surface area contributed by atoms with Gasteiger partial charge in [0.15, 0.2) is 6.23 Å². The summed E-state index contributed by atoms with van der Waals surface area (Å²) >= 11 is 0. The van der Waals surface area contributed by atoms with Crippen LogP contribution in [0.1, 0.15) is 39.5 Å². The largest absolute Gasteiger partial charge is 0.394 e. The molecule has 4 atom stereocenters. The third-order valence-electron chi connectivity index (χ3n) is 5.32. The fourth-order valence-electron chi connectivity index (χ4n) is 3.52. The lowest BCUT2D eigenvalue weighted by molar-refractivity contribution is -0.0970. The van der Waals surface area contributed by atoms with E-state index in [0.717, 1.165) is 0 Å². The van der Waals surface area contributed by atoms with Gasteiger partial charge in [-0.25, -0.2) is 9.97 Å². The van der Waals surface area contributed by atoms with Crippen molar-refractivity contribution in [2.45, 2.75) is 51.9 Å². The molecule has 0 radical (unpaired) electrons. The molecule has 2 aromatic heterocycles. The maximum atomic E-state index is 11.1. The van der Waals surface area contributed by atoms with Crippen molar-refractivity contribution in [1.29, 1.82) is 0 Å². The van der Waals surface area contributed by atoms with Crippen LogP contribution in [0.4, 0.5) is 5.82 Å². The van der Waals surface area contributed by atoms with Crippen LogP contribution in [0, 0.1) is 17.8 Å². The van der Waals surface area contributed by atoms with Gasteiger partial charge in [-0.05, 0) is 26.7 Å². The van der Waals surface area contributed by atoms with Crippen LogP contribution >= 0.6 is 0 Å². The number of fused-ring (bicyclic) bond motifs is 1. The molecule has 0 bridgehead atoms. The SMILES string of the molecule is CCOC(C#Cc1cn(C2OC(CO)[C@@H](C)C2(C)O)c2ncnc(N)c12)OCC. The van der Waals surface area contributed by atoms with Crippen molar-refractivity contribution in [1.82, 2.24) is 14.5 Å². The quantitative estimate of drug-likeness (QED) is 0.482. The number of anilines is 1. The molecule has 1 aliphatic heterocycles. The molecule has 9 nitrogen and oxygen atoms in total. The molecule has 0 amide bonds. The minimum absolute atomic E-state index is 0.193. The molecule has 0 aliphatic carbocycles. The van der Waals surface area contributed by atoms with E-state index in [-0.39, 0.29) is 18.3 Å². The van der Waals surface area contributed by atoms with Gasteiger partial charge in [-0.2, -0.15) is 0 Å². The summed E-state index contributed by atoms with van der Waals surface area (Å²) in [6, 6.07) is 0. The summed E-state index contributed by atoms with van der Waals surface area (Å²) in [5, 5.41) is 21.2. The van der Waals surface area contributed by atoms with E-state index in [2.05, 4.69) is 21.8 Å². The first-order valence-corrected chi connectivity index (χ1v) is 9.69. The zero-order valence-corrected chi connectivity index (χ0v) is 17.1. The topological polar surface area (TPSA) is 125 Å². The first-order chi connectivity index (χ1) is 13.8. The van der Waals surface area contributed by atoms with E-state index in [1.165, 1.54) is 6.33 Å². The minimum Gasteiger partial charge on any atom is -0.394 e. The molecule has 0 spiro atoms. The van der Waals surface area contributed by atoms with Gasteiger partial charge < -0.3 is 34.7 Å². The van der Waals surface area contributed by atoms with E-state index in [9.17, 15) is 10.2 Å². The average molecular weight is 404 g/mol. The number of aliphatic hydroxyl groups excluding tert-OH is 1. The van der Waals surface area contributed by atoms with Crippen LogP contribution in [-0.2, 0) is 14.2 Å². The molecule has 1 saturated heterocycles. The van der Waals surface area contributed by atoms with Gasteiger partial charge in [0.2, 0.25) is 6.29 Å². The van der Waals surface area contributed by atoms with Gasteiger partial charge in [-0.15, -0.1) is 0 Å². The van der Waals surface area contributed by atoms with Crippen molar-refractivity contribution in [3.05, 3.63) is 18.1 Å². The summed E-state index contributed by atoms with van der Waals surface area (Å²) in [5.74, 6) is 5.97. The van der Waals surface area contributed by atoms with Crippen LogP contribution in [0.2, 0.25) is 0 Å². The number of ether oxygens (including phenoxy) is 3. The zero-order chi connectivity index (χ0) is 21.2. The Labute approximate surface area is 169 Å². The van der Waals surface area contributed by atoms with E-state index in [1.807, 2.05) is 20.8 Å². The Hall–Kier alpha value is -2.22. The predicted octanol–water partition coefficient (Wildman–Crippen LogP) is 1.04. The maximum absolute atomic E-state index is 11.1. The monoisotopic (exact) mass is 404 g/mol. The second kappa shape index (κ2) is 8.65. The van der Waals surface area contributed by atoms with E-state index < -0.39 is 24.2 Å². The third kappa shape index (κ3) is 3.95. The van der Waals surface area contributed by atoms with Gasteiger partial charge in [-0.1, -0.05) is 12.8 Å². The van der Waals surface area contributed by atoms with E-state index in [4.69, 9.17) is 19.9 Å². The van der Waals surface area contributed by atoms with Crippen LogP contribution in [0.3, 0.4) is 0 Å². The number of nitrogens with two attached hydrogens (primary N) is 1. The number of aromatic nitrogens is 3. The zero-order valence-electron chi connectivity index (χ0n) is 17.1. The molecular formula is C20H28N4O5. The number of hydrogen-bond acceptors (Lipinski definition) is 8. The summed E-state index contributed by atoms with van der Waals surface area (Å²) in [5.41, 5.74) is 5.93. The minimum atomic E-state index is -1.23. The van der Waals surface area contributed by atoms with Crippen molar-refractivity contribution in [2.24, 2.45) is 5.92 Å². The molecule has 29 heavy (non-hydrogen) atoms. The normalized spacial score (nSPS) is 26.8. The van der Waals surface area contributed by atoms with Crippen LogP contribution in [0.5, 0.6) is 0 Å². The highest BCUT2D eigenvalue weighted by Gasteiger charge is 2.51. The second-order valence-electron chi connectivity index (χ2n) is 7.14. The highest BCUT2D eigenvalue weighted by Crippen LogP contribution is 2.44. The first kappa shape index (κ1) is 21.5. The van der Waals surface area contributed by atoms with Gasteiger partial charge >= 0.3 is 0 Å². The van der Waals surface area contributed by atoms with Gasteiger partial charge in [0.25, 0.3) is 0 Å². The van der Waals surface area contributed by atoms with Gasteiger partial charge in [0, 0.05) is 25.3 Å². The number of nitrogens with zero attached hydrogens (tertiary/aromatic N) is 3. The Bertz CT molecular complexity index is 911. The summed E-state index contributed by atoms with van der Waals surface area (Å²) in [6.45, 7) is 7.98. The van der Waals surface area contributed by atoms with E-state index >= 15 is 0 Å². The average Bonchev–Trinajstić information content (AvgIpc) is 3.16. The van der Waals surface area contributed by atoms with Gasteiger partial charge in [-0.3, -0.25) is 0 Å². The highest BCUT2D eigenvalue weighted by atomic mass is 16.7. The lowest BCUT2D eigenvalue weighted by atomic mass is 9.88. The van der Waals surface area contributed by atoms with Crippen LogP contribution in [-0.4, -0.2) is 62.6 Å². The van der Waals surface area contributed by atoms with Crippen molar-refractivity contribution in [2.75, 3.05) is 25.6 Å². The number of hydrogen-bond donors (Lipinski definition) is 3. The molecule has 3 rings (SSSR count). The molecule has 0 saturated carbocycles. The molecule has 3 heterocycles. The Morgan fingerprint density at radius 2 is 2.03 bits per heavy atom. The van der Waals surface area contributed by atoms with Gasteiger partial charge in [0.1, 0.15) is 23.4 Å². The summed E-state index contributed by atoms with van der Waals surface area (Å²) in [7, 11) is 0. The van der Waals surface area contributed by atoms with Crippen molar-refractivity contribution in [3.8, 4) is 11.8 Å². The molecule has 1 aliphatic rings. The first-order valence-electron chi connectivity index (χ1n) is 9.69. The Balaban J connectivity index is 2.09. The molecule has 0 aromatic carbocycles. The summed E-state index contributed by atoms with van der Waals surface area (Å²) in [6.07, 6.45) is 1.14. The molecule has 158 valence electrons. The van der Waals surface area contributed by atoms with E-state index in [0.29, 0.717) is 29.8 Å². The van der Waals surface area contributed by atoms with E-state index in [1.54, 1.807) is 17.7 Å². The lowest BCUT2D eigenvalue weighted by Crippen LogP contribution is -2.38. The van der Waals surface area contributed by atoms with Gasteiger partial charge in [0.05, 0.1) is 23.7 Å². The maximum Gasteiger partial charge on any atom is 0.222 e. The predicted molar refractivity (Wildman–Crippen MR) is 107 cm³/mol. The third-order valence-corrected chi connectivity index (χ3v) is 5.32. The molecule has 4 N–H and O–H groups in total. The Kier molecular flexibility index (Phi) is 6.41. The number of aliphatic hydroxyl groups is 2. The highest BCUT2D eigenvalue weighted by molar-refractivity contribution is 5.92. The molecule has 1 fully saturated rings. The molecular weight excluding hydrogens is 376 g/mol. The summed E-state index contributed by atoms with van der Waals surface area (Å²) in [4.78, 5) is 8.41. The van der Waals surface area contributed by atoms with Crippen molar-refractivity contribution in [3.63, 3.8) is 0 Å². The number of nitrogen functional groups attached to an aromatic ring is 1. The van der Waals surface area contributed by atoms with Crippen LogP contribution < -0.4 is 5.73 Å². The number of rotatable bonds is 6. The van der Waals surface area contributed by atoms with Crippen molar-refractivity contribution >= 4 is 16.9 Å². The Morgan fingerprint density at radius 1 is 1.34 bits per heavy atom. The van der Waals surface area contributed by atoms with Crippen LogP contribution in [0.15, 0.2) is 12.5 Å². The molecule has 9 heteroatoms. The molecule has 3 unspecified atom stereocenters. The Morgan fingerprint density at radius 3 is 2.62 bits per heavy atom. The van der Waals surface area contributed by atoms with Crippen LogP contribution in [0.25, 0.3) is 11.0 Å². The summed E-state index contributed by atoms with van der Waals surface area (Å²) < 4.78 is 18.6. The smallest absolute Gasteiger partial charge is 0.222 e. The van der Waals surface area contributed by atoms with Crippen molar-refractivity contribution < 1.29 is 24.4 Å².